The Balaban J connectivity index is 1.74. The molecule has 3 rings (SSSR count). The molecule has 2 atom stereocenters. The van der Waals surface area contributed by atoms with E-state index in [9.17, 15) is 10.1 Å². The van der Waals surface area contributed by atoms with E-state index >= 15 is 0 Å². The highest BCUT2D eigenvalue weighted by molar-refractivity contribution is 5.55. The molecule has 0 radical (unpaired) electrons. The maximum absolute atomic E-state index is 10.9. The van der Waals surface area contributed by atoms with Crippen LogP contribution in [0.2, 0.25) is 0 Å². The van der Waals surface area contributed by atoms with Gasteiger partial charge in [0.2, 0.25) is 0 Å². The lowest BCUT2D eigenvalue weighted by atomic mass is 10.1. The average Bonchev–Trinajstić information content (AvgIpc) is 3.27. The molecule has 0 saturated heterocycles. The maximum Gasteiger partial charge on any atom is 0.276 e. The van der Waals surface area contributed by atoms with Crippen LogP contribution in [-0.4, -0.2) is 15.9 Å². The maximum atomic E-state index is 10.9. The Morgan fingerprint density at radius 3 is 2.62 bits per heavy atom. The van der Waals surface area contributed by atoms with Gasteiger partial charge >= 0.3 is 0 Å². The molecule has 1 saturated carbocycles. The number of nitrogen functional groups attached to an aromatic ring is 1. The highest BCUT2D eigenvalue weighted by Gasteiger charge is 2.38. The van der Waals surface area contributed by atoms with Gasteiger partial charge in [0.15, 0.2) is 0 Å². The van der Waals surface area contributed by atoms with E-state index in [0.717, 1.165) is 6.42 Å². The fourth-order valence-corrected chi connectivity index (χ4v) is 2.38. The summed E-state index contributed by atoms with van der Waals surface area (Å²) in [7, 11) is 0. The second kappa shape index (κ2) is 5.37. The number of nitrogens with one attached hydrogen (secondary N) is 2. The van der Waals surface area contributed by atoms with Crippen molar-refractivity contribution in [2.45, 2.75) is 18.4 Å². The second-order valence-corrected chi connectivity index (χ2v) is 5.00. The number of hydrogen-bond acceptors (Lipinski definition) is 6. The van der Waals surface area contributed by atoms with Gasteiger partial charge in [-0.25, -0.2) is 10.8 Å². The summed E-state index contributed by atoms with van der Waals surface area (Å²) in [4.78, 5) is 14.6. The van der Waals surface area contributed by atoms with Crippen molar-refractivity contribution in [1.82, 2.24) is 4.98 Å². The molecule has 1 aliphatic rings. The first-order valence-electron chi connectivity index (χ1n) is 6.62. The fraction of sp³-hybridized carbons (Fsp3) is 0.214. The van der Waals surface area contributed by atoms with Crippen LogP contribution in [0.4, 0.5) is 17.3 Å². The minimum absolute atomic E-state index is 0.0441. The topological polar surface area (TPSA) is 106 Å². The standard InChI is InChI=1S/C14H15N5O2/c15-18-14-7-10(19(20)21)6-13(17-14)16-12-8-11(12)9-4-2-1-3-5-9/h1-7,11-12H,8,15H2,(H2,16,17,18). The SMILES string of the molecule is NNc1cc([N+](=O)[O-])cc(NC2CC2c2ccccc2)n1. The highest BCUT2D eigenvalue weighted by Crippen LogP contribution is 2.42. The predicted octanol–water partition coefficient (Wildman–Crippen LogP) is 2.24. The number of aromatic nitrogens is 1. The van der Waals surface area contributed by atoms with Crippen molar-refractivity contribution in [3.05, 3.63) is 58.1 Å². The monoisotopic (exact) mass is 285 g/mol. The number of nitrogens with zero attached hydrogens (tertiary/aromatic N) is 2. The van der Waals surface area contributed by atoms with Crippen LogP contribution < -0.4 is 16.6 Å². The van der Waals surface area contributed by atoms with Crippen molar-refractivity contribution < 1.29 is 4.92 Å². The number of benzene rings is 1. The van der Waals surface area contributed by atoms with Crippen molar-refractivity contribution in [2.75, 3.05) is 10.7 Å². The minimum atomic E-state index is -0.463. The Hall–Kier alpha value is -2.67. The van der Waals surface area contributed by atoms with Crippen molar-refractivity contribution in [2.24, 2.45) is 5.84 Å². The third kappa shape index (κ3) is 2.92. The summed E-state index contributed by atoms with van der Waals surface area (Å²) in [6.07, 6.45) is 0.986. The second-order valence-electron chi connectivity index (χ2n) is 5.00. The summed E-state index contributed by atoms with van der Waals surface area (Å²) < 4.78 is 0. The van der Waals surface area contributed by atoms with E-state index in [0.29, 0.717) is 11.7 Å². The van der Waals surface area contributed by atoms with Gasteiger partial charge in [-0.3, -0.25) is 10.1 Å². The van der Waals surface area contributed by atoms with Crippen LogP contribution in [0.5, 0.6) is 0 Å². The molecule has 0 aliphatic heterocycles. The summed E-state index contributed by atoms with van der Waals surface area (Å²) in [5.74, 6) is 6.43. The van der Waals surface area contributed by atoms with Crippen LogP contribution in [-0.2, 0) is 0 Å². The third-order valence-corrected chi connectivity index (χ3v) is 3.52. The van der Waals surface area contributed by atoms with Crippen LogP contribution in [0.3, 0.4) is 0 Å². The van der Waals surface area contributed by atoms with Crippen molar-refractivity contribution in [1.29, 1.82) is 0 Å². The van der Waals surface area contributed by atoms with E-state index in [4.69, 9.17) is 5.84 Å². The molecule has 21 heavy (non-hydrogen) atoms. The van der Waals surface area contributed by atoms with E-state index in [-0.39, 0.29) is 17.5 Å². The number of nitro groups is 1. The van der Waals surface area contributed by atoms with Gasteiger partial charge in [-0.15, -0.1) is 0 Å². The van der Waals surface area contributed by atoms with Gasteiger partial charge in [0.25, 0.3) is 5.69 Å². The molecule has 0 amide bonds. The van der Waals surface area contributed by atoms with E-state index in [1.807, 2.05) is 18.2 Å². The zero-order valence-electron chi connectivity index (χ0n) is 11.2. The molecule has 1 fully saturated rings. The van der Waals surface area contributed by atoms with Gasteiger partial charge in [0.05, 0.1) is 17.1 Å². The van der Waals surface area contributed by atoms with Crippen LogP contribution >= 0.6 is 0 Å². The van der Waals surface area contributed by atoms with Gasteiger partial charge < -0.3 is 10.7 Å². The van der Waals surface area contributed by atoms with Crippen LogP contribution in [0.25, 0.3) is 0 Å². The predicted molar refractivity (Wildman–Crippen MR) is 79.9 cm³/mol. The summed E-state index contributed by atoms with van der Waals surface area (Å²) >= 11 is 0. The molecule has 7 nitrogen and oxygen atoms in total. The molecule has 2 aromatic rings. The molecular weight excluding hydrogens is 270 g/mol. The molecule has 4 N–H and O–H groups in total. The van der Waals surface area contributed by atoms with E-state index in [1.165, 1.54) is 17.7 Å². The van der Waals surface area contributed by atoms with Crippen LogP contribution in [0, 0.1) is 10.1 Å². The zero-order valence-corrected chi connectivity index (χ0v) is 11.2. The fourth-order valence-electron chi connectivity index (χ4n) is 2.38. The molecule has 0 spiro atoms. The quantitative estimate of drug-likeness (QED) is 0.442. The van der Waals surface area contributed by atoms with Crippen LogP contribution in [0.15, 0.2) is 42.5 Å². The van der Waals surface area contributed by atoms with Crippen LogP contribution in [0.1, 0.15) is 17.9 Å². The number of hydrogen-bond donors (Lipinski definition) is 3. The van der Waals surface area contributed by atoms with Crippen molar-refractivity contribution in [3.8, 4) is 0 Å². The third-order valence-electron chi connectivity index (χ3n) is 3.52. The van der Waals surface area contributed by atoms with Gasteiger partial charge in [0.1, 0.15) is 11.6 Å². The Bertz CT molecular complexity index is 662. The molecule has 0 bridgehead atoms. The lowest BCUT2D eigenvalue weighted by Gasteiger charge is -2.07. The normalized spacial score (nSPS) is 19.9. The minimum Gasteiger partial charge on any atom is -0.366 e. The molecule has 1 aromatic carbocycles. The van der Waals surface area contributed by atoms with Gasteiger partial charge in [-0.2, -0.15) is 0 Å². The number of pyridine rings is 1. The molecular formula is C14H15N5O2. The Kier molecular flexibility index (Phi) is 3.41. The lowest BCUT2D eigenvalue weighted by molar-refractivity contribution is -0.384. The Morgan fingerprint density at radius 1 is 1.24 bits per heavy atom. The van der Waals surface area contributed by atoms with Gasteiger partial charge in [-0.05, 0) is 12.0 Å². The summed E-state index contributed by atoms with van der Waals surface area (Å²) in [6, 6.07) is 13.1. The highest BCUT2D eigenvalue weighted by atomic mass is 16.6. The summed E-state index contributed by atoms with van der Waals surface area (Å²) in [6.45, 7) is 0. The number of hydrazine groups is 1. The zero-order chi connectivity index (χ0) is 14.8. The molecule has 108 valence electrons. The first-order valence-corrected chi connectivity index (χ1v) is 6.62. The van der Waals surface area contributed by atoms with Gasteiger partial charge in [0, 0.05) is 12.0 Å². The van der Waals surface area contributed by atoms with Crippen molar-refractivity contribution in [3.63, 3.8) is 0 Å². The summed E-state index contributed by atoms with van der Waals surface area (Å²) in [5.41, 5.74) is 3.56. The van der Waals surface area contributed by atoms with Gasteiger partial charge in [-0.1, -0.05) is 30.3 Å². The summed E-state index contributed by atoms with van der Waals surface area (Å²) in [5, 5.41) is 14.1. The number of anilines is 2. The first-order chi connectivity index (χ1) is 10.2. The smallest absolute Gasteiger partial charge is 0.276 e. The average molecular weight is 285 g/mol. The molecule has 1 heterocycles. The first kappa shape index (κ1) is 13.3. The van der Waals surface area contributed by atoms with Crippen molar-refractivity contribution >= 4 is 17.3 Å². The number of nitrogens with two attached hydrogens (primary N) is 1. The van der Waals surface area contributed by atoms with E-state index in [1.54, 1.807) is 0 Å². The Morgan fingerprint density at radius 2 is 1.95 bits per heavy atom. The largest absolute Gasteiger partial charge is 0.366 e. The molecule has 1 aromatic heterocycles. The Labute approximate surface area is 121 Å². The molecule has 2 unspecified atom stereocenters. The molecule has 1 aliphatic carbocycles. The number of rotatable bonds is 5. The molecule has 7 heteroatoms. The van der Waals surface area contributed by atoms with E-state index < -0.39 is 4.92 Å². The lowest BCUT2D eigenvalue weighted by Crippen LogP contribution is -2.12. The van der Waals surface area contributed by atoms with E-state index in [2.05, 4.69) is 27.9 Å².